The molecule has 10 rings (SSSR count). The van der Waals surface area contributed by atoms with Gasteiger partial charge in [-0.3, -0.25) is 0 Å². The molecule has 0 radical (unpaired) electrons. The maximum absolute atomic E-state index is 6.17. The fourth-order valence-corrected chi connectivity index (χ4v) is 7.11. The van der Waals surface area contributed by atoms with Crippen molar-refractivity contribution in [1.29, 1.82) is 0 Å². The van der Waals surface area contributed by atoms with Crippen molar-refractivity contribution in [3.05, 3.63) is 170 Å². The number of para-hydroxylation sites is 3. The lowest BCUT2D eigenvalue weighted by Gasteiger charge is -2.16. The van der Waals surface area contributed by atoms with Crippen LogP contribution in [0.1, 0.15) is 0 Å². The third kappa shape index (κ3) is 4.60. The normalized spacial score (nSPS) is 11.6. The molecule has 7 aromatic carbocycles. The fraction of sp³-hybridized carbons (Fsp3) is 0. The van der Waals surface area contributed by atoms with Gasteiger partial charge < -0.3 is 8.98 Å². The standard InChI is InChI=1S/C45H28N4O/c1-3-13-29(14-4-1)43-46-44(30-15-5-2-6-16-30)48-45(47-43)37-28-31(32-24-26-42-36(27-32)35-19-9-12-22-41(35)50-42)23-25-40(37)49-38-20-10-7-17-33(38)34-18-8-11-21-39(34)49/h1-28H. The van der Waals surface area contributed by atoms with Crippen LogP contribution in [-0.4, -0.2) is 19.5 Å². The minimum absolute atomic E-state index is 0.603. The minimum Gasteiger partial charge on any atom is -0.456 e. The molecule has 0 fully saturated rings. The Bertz CT molecular complexity index is 2760. The number of hydrogen-bond donors (Lipinski definition) is 0. The Morgan fingerprint density at radius 2 is 0.860 bits per heavy atom. The molecular formula is C45H28N4O. The van der Waals surface area contributed by atoms with Crippen LogP contribution in [0.2, 0.25) is 0 Å². The second kappa shape index (κ2) is 11.4. The van der Waals surface area contributed by atoms with Gasteiger partial charge in [-0.25, -0.2) is 15.0 Å². The van der Waals surface area contributed by atoms with Crippen molar-refractivity contribution in [2.45, 2.75) is 0 Å². The average molecular weight is 641 g/mol. The van der Waals surface area contributed by atoms with Crippen LogP contribution in [-0.2, 0) is 0 Å². The third-order valence-electron chi connectivity index (χ3n) is 9.47. The number of rotatable bonds is 5. The van der Waals surface area contributed by atoms with Gasteiger partial charge in [0.2, 0.25) is 0 Å². The maximum atomic E-state index is 6.17. The molecule has 0 unspecified atom stereocenters. The summed E-state index contributed by atoms with van der Waals surface area (Å²) in [6, 6.07) is 58.6. The molecule has 10 aromatic rings. The summed E-state index contributed by atoms with van der Waals surface area (Å²) in [4.78, 5) is 15.4. The van der Waals surface area contributed by atoms with Crippen LogP contribution in [0.5, 0.6) is 0 Å². The van der Waals surface area contributed by atoms with Crippen molar-refractivity contribution < 1.29 is 4.42 Å². The second-order valence-electron chi connectivity index (χ2n) is 12.4. The Hall–Kier alpha value is -6.85. The van der Waals surface area contributed by atoms with Gasteiger partial charge in [-0.1, -0.05) is 127 Å². The predicted molar refractivity (Wildman–Crippen MR) is 203 cm³/mol. The zero-order valence-electron chi connectivity index (χ0n) is 26.9. The molecule has 5 heteroatoms. The largest absolute Gasteiger partial charge is 0.456 e. The zero-order chi connectivity index (χ0) is 33.0. The van der Waals surface area contributed by atoms with E-state index in [2.05, 4.69) is 102 Å². The van der Waals surface area contributed by atoms with E-state index in [0.717, 1.165) is 66.5 Å². The number of hydrogen-bond acceptors (Lipinski definition) is 4. The highest BCUT2D eigenvalue weighted by Crippen LogP contribution is 2.39. The van der Waals surface area contributed by atoms with Crippen molar-refractivity contribution in [3.63, 3.8) is 0 Å². The number of benzene rings is 7. The molecule has 0 aliphatic heterocycles. The lowest BCUT2D eigenvalue weighted by atomic mass is 9.99. The van der Waals surface area contributed by atoms with Gasteiger partial charge in [0.1, 0.15) is 11.2 Å². The zero-order valence-corrected chi connectivity index (χ0v) is 26.9. The van der Waals surface area contributed by atoms with Crippen molar-refractivity contribution in [2.24, 2.45) is 0 Å². The van der Waals surface area contributed by atoms with Gasteiger partial charge in [0.25, 0.3) is 0 Å². The van der Waals surface area contributed by atoms with Crippen molar-refractivity contribution >= 4 is 43.7 Å². The van der Waals surface area contributed by atoms with Gasteiger partial charge in [0, 0.05) is 38.2 Å². The molecule has 234 valence electrons. The van der Waals surface area contributed by atoms with Gasteiger partial charge in [-0.05, 0) is 53.6 Å². The highest BCUT2D eigenvalue weighted by atomic mass is 16.3. The van der Waals surface area contributed by atoms with Crippen molar-refractivity contribution in [1.82, 2.24) is 19.5 Å². The van der Waals surface area contributed by atoms with Crippen LogP contribution in [0.4, 0.5) is 0 Å². The first-order valence-corrected chi connectivity index (χ1v) is 16.7. The second-order valence-corrected chi connectivity index (χ2v) is 12.4. The van der Waals surface area contributed by atoms with E-state index in [1.807, 2.05) is 72.8 Å². The summed E-state index contributed by atoms with van der Waals surface area (Å²) in [6.45, 7) is 0. The van der Waals surface area contributed by atoms with E-state index in [0.29, 0.717) is 17.5 Å². The molecule has 0 aliphatic rings. The Morgan fingerprint density at radius 3 is 1.52 bits per heavy atom. The van der Waals surface area contributed by atoms with Gasteiger partial charge in [-0.15, -0.1) is 0 Å². The van der Waals surface area contributed by atoms with Crippen molar-refractivity contribution in [3.8, 4) is 51.0 Å². The molecule has 0 saturated carbocycles. The summed E-state index contributed by atoms with van der Waals surface area (Å²) >= 11 is 0. The Morgan fingerprint density at radius 1 is 0.360 bits per heavy atom. The predicted octanol–water partition coefficient (Wildman–Crippen LogP) is 11.5. The Balaban J connectivity index is 1.27. The summed E-state index contributed by atoms with van der Waals surface area (Å²) in [5, 5.41) is 4.58. The van der Waals surface area contributed by atoms with E-state index in [-0.39, 0.29) is 0 Å². The summed E-state index contributed by atoms with van der Waals surface area (Å²) in [5.41, 5.74) is 9.89. The number of furan rings is 1. The molecule has 0 aliphatic carbocycles. The van der Waals surface area contributed by atoms with Gasteiger partial charge in [-0.2, -0.15) is 0 Å². The molecule has 50 heavy (non-hydrogen) atoms. The Labute approximate surface area is 287 Å². The first-order valence-electron chi connectivity index (χ1n) is 16.7. The molecular weight excluding hydrogens is 613 g/mol. The number of fused-ring (bicyclic) bond motifs is 6. The van der Waals surface area contributed by atoms with E-state index in [9.17, 15) is 0 Å². The highest BCUT2D eigenvalue weighted by Gasteiger charge is 2.20. The third-order valence-corrected chi connectivity index (χ3v) is 9.47. The monoisotopic (exact) mass is 640 g/mol. The quantitative estimate of drug-likeness (QED) is 0.188. The lowest BCUT2D eigenvalue weighted by molar-refractivity contribution is 0.669. The van der Waals surface area contributed by atoms with E-state index >= 15 is 0 Å². The molecule has 3 heterocycles. The molecule has 0 saturated heterocycles. The molecule has 0 amide bonds. The van der Waals surface area contributed by atoms with E-state index in [1.54, 1.807) is 0 Å². The first kappa shape index (κ1) is 28.2. The summed E-state index contributed by atoms with van der Waals surface area (Å²) in [7, 11) is 0. The van der Waals surface area contributed by atoms with Gasteiger partial charge >= 0.3 is 0 Å². The molecule has 5 nitrogen and oxygen atoms in total. The minimum atomic E-state index is 0.603. The number of nitrogens with zero attached hydrogens (tertiary/aromatic N) is 4. The van der Waals surface area contributed by atoms with Crippen LogP contribution >= 0.6 is 0 Å². The van der Waals surface area contributed by atoms with Crippen LogP contribution in [0.15, 0.2) is 174 Å². The summed E-state index contributed by atoms with van der Waals surface area (Å²) < 4.78 is 8.50. The average Bonchev–Trinajstić information content (AvgIpc) is 3.74. The van der Waals surface area contributed by atoms with Crippen molar-refractivity contribution in [2.75, 3.05) is 0 Å². The van der Waals surface area contributed by atoms with Crippen LogP contribution in [0, 0.1) is 0 Å². The highest BCUT2D eigenvalue weighted by molar-refractivity contribution is 6.10. The maximum Gasteiger partial charge on any atom is 0.166 e. The molecule has 0 spiro atoms. The topological polar surface area (TPSA) is 56.7 Å². The molecule has 3 aromatic heterocycles. The van der Waals surface area contributed by atoms with E-state index < -0.39 is 0 Å². The van der Waals surface area contributed by atoms with Gasteiger partial charge in [0.05, 0.1) is 16.7 Å². The molecule has 0 bridgehead atoms. The first-order chi connectivity index (χ1) is 24.8. The summed E-state index contributed by atoms with van der Waals surface area (Å²) in [6.07, 6.45) is 0. The van der Waals surface area contributed by atoms with E-state index in [1.165, 1.54) is 10.8 Å². The SMILES string of the molecule is c1ccc(-c2nc(-c3ccccc3)nc(-c3cc(-c4ccc5oc6ccccc6c5c4)ccc3-n3c4ccccc4c4ccccc43)n2)cc1. The van der Waals surface area contributed by atoms with Crippen LogP contribution in [0.25, 0.3) is 94.7 Å². The lowest BCUT2D eigenvalue weighted by Crippen LogP contribution is -2.04. The summed E-state index contributed by atoms with van der Waals surface area (Å²) in [5.74, 6) is 1.85. The van der Waals surface area contributed by atoms with E-state index in [4.69, 9.17) is 19.4 Å². The molecule has 0 atom stereocenters. The Kier molecular flexibility index (Phi) is 6.42. The molecule has 0 N–H and O–H groups in total. The van der Waals surface area contributed by atoms with Gasteiger partial charge in [0.15, 0.2) is 17.5 Å². The smallest absolute Gasteiger partial charge is 0.166 e. The number of aromatic nitrogens is 4. The van der Waals surface area contributed by atoms with Crippen LogP contribution < -0.4 is 0 Å². The van der Waals surface area contributed by atoms with Crippen LogP contribution in [0.3, 0.4) is 0 Å². The fourth-order valence-electron chi connectivity index (χ4n) is 7.11.